The van der Waals surface area contributed by atoms with Gasteiger partial charge in [-0.05, 0) is 19.1 Å². The first-order valence-corrected chi connectivity index (χ1v) is 11.1. The number of rotatable bonds is 9. The number of aromatic nitrogens is 3. The highest BCUT2D eigenvalue weighted by molar-refractivity contribution is 7.99. The lowest BCUT2D eigenvalue weighted by atomic mass is 10.1. The minimum absolute atomic E-state index is 0.0628. The number of ether oxygens (including phenoxy) is 1. The Balaban J connectivity index is 1.81. The Morgan fingerprint density at radius 2 is 1.71 bits per heavy atom. The molecule has 0 aliphatic heterocycles. The Kier molecular flexibility index (Phi) is 7.83. The number of carbonyl (C=O) groups is 2. The largest absolute Gasteiger partial charge is 0.469 e. The lowest BCUT2D eigenvalue weighted by molar-refractivity contribution is -0.146. The monoisotopic (exact) mass is 438 g/mol. The van der Waals surface area contributed by atoms with Gasteiger partial charge in [-0.2, -0.15) is 0 Å². The first-order chi connectivity index (χ1) is 15.0. The fraction of sp³-hybridized carbons (Fsp3) is 0.304. The van der Waals surface area contributed by atoms with Gasteiger partial charge >= 0.3 is 5.97 Å². The van der Waals surface area contributed by atoms with Crippen LogP contribution in [0.4, 0.5) is 0 Å². The van der Waals surface area contributed by atoms with E-state index in [0.29, 0.717) is 24.1 Å². The molecular weight excluding hydrogens is 412 g/mol. The van der Waals surface area contributed by atoms with E-state index < -0.39 is 0 Å². The molecule has 0 radical (unpaired) electrons. The molecule has 0 aliphatic rings. The highest BCUT2D eigenvalue weighted by Gasteiger charge is 2.22. The number of hydrogen-bond donors (Lipinski definition) is 0. The maximum absolute atomic E-state index is 12.8. The lowest BCUT2D eigenvalue weighted by Gasteiger charge is -2.23. The first kappa shape index (κ1) is 22.6. The molecule has 0 aliphatic carbocycles. The number of hydrogen-bond acceptors (Lipinski definition) is 6. The zero-order valence-corrected chi connectivity index (χ0v) is 18.7. The molecule has 1 unspecified atom stereocenters. The molecular formula is C23H26N4O3S. The third-order valence-corrected chi connectivity index (χ3v) is 5.75. The zero-order valence-electron chi connectivity index (χ0n) is 17.9. The molecule has 0 saturated heterocycles. The SMILES string of the molecule is CCN(CC(C)C(=O)OC)C(=O)CSc1nnc(-c2ccccc2)n1-c1ccccc1. The molecule has 0 bridgehead atoms. The Labute approximate surface area is 186 Å². The molecule has 1 amide bonds. The average Bonchev–Trinajstić information content (AvgIpc) is 3.25. The maximum Gasteiger partial charge on any atom is 0.310 e. The van der Waals surface area contributed by atoms with Gasteiger partial charge in [0.15, 0.2) is 11.0 Å². The molecule has 1 heterocycles. The number of thioether (sulfide) groups is 1. The molecule has 0 saturated carbocycles. The Bertz CT molecular complexity index is 1010. The van der Waals surface area contributed by atoms with Crippen molar-refractivity contribution in [3.63, 3.8) is 0 Å². The fourth-order valence-corrected chi connectivity index (χ4v) is 4.03. The second-order valence-corrected chi connectivity index (χ2v) is 7.93. The van der Waals surface area contributed by atoms with Crippen LogP contribution in [0.3, 0.4) is 0 Å². The predicted molar refractivity (Wildman–Crippen MR) is 121 cm³/mol. The van der Waals surface area contributed by atoms with Crippen molar-refractivity contribution in [1.29, 1.82) is 0 Å². The molecule has 1 aromatic heterocycles. The molecule has 8 heteroatoms. The van der Waals surface area contributed by atoms with Crippen LogP contribution >= 0.6 is 11.8 Å². The van der Waals surface area contributed by atoms with Gasteiger partial charge in [-0.3, -0.25) is 14.2 Å². The van der Waals surface area contributed by atoms with Gasteiger partial charge in [0.25, 0.3) is 0 Å². The van der Waals surface area contributed by atoms with Gasteiger partial charge in [-0.1, -0.05) is 67.2 Å². The number of carbonyl (C=O) groups excluding carboxylic acids is 2. The normalized spacial score (nSPS) is 11.7. The summed E-state index contributed by atoms with van der Waals surface area (Å²) in [7, 11) is 1.35. The van der Waals surface area contributed by atoms with Gasteiger partial charge in [-0.25, -0.2) is 0 Å². The zero-order chi connectivity index (χ0) is 22.2. The smallest absolute Gasteiger partial charge is 0.310 e. The Morgan fingerprint density at radius 1 is 1.06 bits per heavy atom. The summed E-state index contributed by atoms with van der Waals surface area (Å²) in [5.74, 6) is 0.147. The Hall–Kier alpha value is -3.13. The van der Waals surface area contributed by atoms with Crippen molar-refractivity contribution in [3.05, 3.63) is 60.7 Å². The van der Waals surface area contributed by atoms with Crippen molar-refractivity contribution in [2.24, 2.45) is 5.92 Å². The summed E-state index contributed by atoms with van der Waals surface area (Å²) in [6.45, 7) is 4.49. The van der Waals surface area contributed by atoms with E-state index in [1.165, 1.54) is 18.9 Å². The molecule has 1 atom stereocenters. The van der Waals surface area contributed by atoms with Gasteiger partial charge in [0.1, 0.15) is 0 Å². The fourth-order valence-electron chi connectivity index (χ4n) is 3.18. The van der Waals surface area contributed by atoms with E-state index in [4.69, 9.17) is 4.74 Å². The minimum atomic E-state index is -0.378. The van der Waals surface area contributed by atoms with Crippen molar-refractivity contribution in [2.45, 2.75) is 19.0 Å². The van der Waals surface area contributed by atoms with Crippen LogP contribution in [0.25, 0.3) is 17.1 Å². The van der Waals surface area contributed by atoms with E-state index in [2.05, 4.69) is 10.2 Å². The second kappa shape index (κ2) is 10.8. The van der Waals surface area contributed by atoms with Crippen molar-refractivity contribution in [1.82, 2.24) is 19.7 Å². The summed E-state index contributed by atoms with van der Waals surface area (Å²) >= 11 is 1.33. The van der Waals surface area contributed by atoms with Crippen molar-refractivity contribution < 1.29 is 14.3 Å². The van der Waals surface area contributed by atoms with Crippen molar-refractivity contribution in [3.8, 4) is 17.1 Å². The van der Waals surface area contributed by atoms with E-state index in [9.17, 15) is 9.59 Å². The topological polar surface area (TPSA) is 77.3 Å². The third-order valence-electron chi connectivity index (χ3n) is 4.84. The number of amides is 1. The van der Waals surface area contributed by atoms with Crippen LogP contribution in [0.1, 0.15) is 13.8 Å². The van der Waals surface area contributed by atoms with Gasteiger partial charge in [0.2, 0.25) is 5.91 Å². The standard InChI is InChI=1S/C23H26N4O3S/c1-4-26(15-17(2)22(29)30-3)20(28)16-31-23-25-24-21(18-11-7-5-8-12-18)27(23)19-13-9-6-10-14-19/h5-14,17H,4,15-16H2,1-3H3. The van der Waals surface area contributed by atoms with Crippen LogP contribution in [0.15, 0.2) is 65.8 Å². The van der Waals surface area contributed by atoms with E-state index in [1.54, 1.807) is 11.8 Å². The van der Waals surface area contributed by atoms with Gasteiger partial charge in [0.05, 0.1) is 18.8 Å². The summed E-state index contributed by atoms with van der Waals surface area (Å²) in [5.41, 5.74) is 1.87. The van der Waals surface area contributed by atoms with E-state index in [0.717, 1.165) is 11.3 Å². The van der Waals surface area contributed by atoms with Crippen LogP contribution in [0.5, 0.6) is 0 Å². The van der Waals surface area contributed by atoms with Crippen molar-refractivity contribution >= 4 is 23.6 Å². The number of esters is 1. The van der Waals surface area contributed by atoms with Crippen LogP contribution in [0, 0.1) is 5.92 Å². The number of para-hydroxylation sites is 1. The van der Waals surface area contributed by atoms with Crippen LogP contribution in [0.2, 0.25) is 0 Å². The second-order valence-electron chi connectivity index (χ2n) is 6.99. The van der Waals surface area contributed by atoms with Gasteiger partial charge in [0, 0.05) is 24.3 Å². The van der Waals surface area contributed by atoms with Gasteiger partial charge in [-0.15, -0.1) is 10.2 Å². The molecule has 0 fully saturated rings. The molecule has 0 spiro atoms. The van der Waals surface area contributed by atoms with E-state index in [1.807, 2.05) is 72.2 Å². The third kappa shape index (κ3) is 5.52. The molecule has 7 nitrogen and oxygen atoms in total. The predicted octanol–water partition coefficient (Wildman–Crippen LogP) is 3.68. The quantitative estimate of drug-likeness (QED) is 0.375. The summed E-state index contributed by atoms with van der Waals surface area (Å²) in [6.07, 6.45) is 0. The van der Waals surface area contributed by atoms with Crippen LogP contribution in [-0.2, 0) is 14.3 Å². The minimum Gasteiger partial charge on any atom is -0.469 e. The van der Waals surface area contributed by atoms with E-state index in [-0.39, 0.29) is 23.5 Å². The maximum atomic E-state index is 12.8. The number of benzene rings is 2. The lowest BCUT2D eigenvalue weighted by Crippen LogP contribution is -2.38. The Morgan fingerprint density at radius 3 is 2.32 bits per heavy atom. The summed E-state index contributed by atoms with van der Waals surface area (Å²) in [5, 5.41) is 9.39. The molecule has 162 valence electrons. The van der Waals surface area contributed by atoms with Crippen LogP contribution < -0.4 is 0 Å². The highest BCUT2D eigenvalue weighted by Crippen LogP contribution is 2.28. The molecule has 3 rings (SSSR count). The summed E-state index contributed by atoms with van der Waals surface area (Å²) in [6, 6.07) is 19.7. The molecule has 31 heavy (non-hydrogen) atoms. The molecule has 2 aromatic carbocycles. The molecule has 3 aromatic rings. The highest BCUT2D eigenvalue weighted by atomic mass is 32.2. The van der Waals surface area contributed by atoms with Crippen molar-refractivity contribution in [2.75, 3.05) is 26.0 Å². The average molecular weight is 439 g/mol. The molecule has 0 N–H and O–H groups in total. The summed E-state index contributed by atoms with van der Waals surface area (Å²) in [4.78, 5) is 26.2. The van der Waals surface area contributed by atoms with Crippen LogP contribution in [-0.4, -0.2) is 57.5 Å². The summed E-state index contributed by atoms with van der Waals surface area (Å²) < 4.78 is 6.73. The van der Waals surface area contributed by atoms with Gasteiger partial charge < -0.3 is 9.64 Å². The number of nitrogens with zero attached hydrogens (tertiary/aromatic N) is 4. The number of methoxy groups -OCH3 is 1. The first-order valence-electron chi connectivity index (χ1n) is 10.1. The van der Waals surface area contributed by atoms with E-state index >= 15 is 0 Å².